The van der Waals surface area contributed by atoms with Gasteiger partial charge in [0.2, 0.25) is 6.79 Å². The Morgan fingerprint density at radius 3 is 2.90 bits per heavy atom. The largest absolute Gasteiger partial charge is 0.454 e. The highest BCUT2D eigenvalue weighted by Gasteiger charge is 2.27. The maximum Gasteiger partial charge on any atom is 0.274 e. The second-order valence-electron chi connectivity index (χ2n) is 6.43. The molecule has 0 fully saturated rings. The van der Waals surface area contributed by atoms with E-state index in [4.69, 9.17) is 21.1 Å². The molecule has 0 radical (unpaired) electrons. The average molecular weight is 511 g/mol. The second-order valence-corrected chi connectivity index (χ2v) is 7.84. The SMILES string of the molecule is CCNC(=O)c1c(NC(=O)c2cc(Br)nn2C=NCC/C=C(\C)Cl)ccc2c1OCO2. The number of hydrogen-bond donors (Lipinski definition) is 2. The summed E-state index contributed by atoms with van der Waals surface area (Å²) in [5, 5.41) is 10.4. The van der Waals surface area contributed by atoms with E-state index in [1.54, 1.807) is 32.0 Å². The summed E-state index contributed by atoms with van der Waals surface area (Å²) < 4.78 is 12.6. The first-order valence-corrected chi connectivity index (χ1v) is 10.7. The summed E-state index contributed by atoms with van der Waals surface area (Å²) >= 11 is 9.07. The number of fused-ring (bicyclic) bond motifs is 1. The number of nitrogens with one attached hydrogen (secondary N) is 2. The molecule has 2 amide bonds. The van der Waals surface area contributed by atoms with Gasteiger partial charge in [0.05, 0.1) is 5.69 Å². The number of rotatable bonds is 8. The van der Waals surface area contributed by atoms with Crippen LogP contribution in [-0.2, 0) is 0 Å². The van der Waals surface area contributed by atoms with Crippen molar-refractivity contribution < 1.29 is 19.1 Å². The van der Waals surface area contributed by atoms with Gasteiger partial charge in [-0.1, -0.05) is 17.7 Å². The molecule has 0 bridgehead atoms. The van der Waals surface area contributed by atoms with Crippen molar-refractivity contribution in [1.82, 2.24) is 15.1 Å². The summed E-state index contributed by atoms with van der Waals surface area (Å²) in [6.07, 6.45) is 3.98. The molecule has 0 aliphatic carbocycles. The van der Waals surface area contributed by atoms with E-state index in [1.807, 2.05) is 6.08 Å². The molecular weight excluding hydrogens is 490 g/mol. The highest BCUT2D eigenvalue weighted by Crippen LogP contribution is 2.39. The lowest BCUT2D eigenvalue weighted by Crippen LogP contribution is -2.26. The minimum atomic E-state index is -0.467. The van der Waals surface area contributed by atoms with E-state index in [1.165, 1.54) is 11.0 Å². The molecule has 0 saturated heterocycles. The molecule has 2 aromatic rings. The van der Waals surface area contributed by atoms with Crippen LogP contribution in [0.25, 0.3) is 0 Å². The molecule has 0 atom stereocenters. The third-order valence-electron chi connectivity index (χ3n) is 4.17. The van der Waals surface area contributed by atoms with E-state index in [2.05, 4.69) is 36.7 Å². The number of hydrogen-bond acceptors (Lipinski definition) is 6. The van der Waals surface area contributed by atoms with Gasteiger partial charge in [0.15, 0.2) is 11.5 Å². The highest BCUT2D eigenvalue weighted by molar-refractivity contribution is 9.10. The maximum atomic E-state index is 13.0. The molecule has 2 heterocycles. The number of aromatic nitrogens is 2. The maximum absolute atomic E-state index is 13.0. The standard InChI is InChI=1S/C20H21BrClN5O4/c1-3-24-20(29)17-13(6-7-15-18(17)31-11-30-15)25-19(28)14-9-16(21)26-27(14)10-23-8-4-5-12(2)22/h5-7,9-10H,3-4,8,11H2,1-2H3,(H,24,29)(H,25,28)/b12-5+,23-10?. The van der Waals surface area contributed by atoms with Crippen molar-refractivity contribution >= 4 is 51.4 Å². The van der Waals surface area contributed by atoms with Crippen molar-refractivity contribution in [2.45, 2.75) is 20.3 Å². The van der Waals surface area contributed by atoms with Crippen molar-refractivity contribution in [3.05, 3.63) is 45.2 Å². The topological polar surface area (TPSA) is 107 Å². The number of nitrogens with zero attached hydrogens (tertiary/aromatic N) is 3. The second kappa shape index (κ2) is 10.5. The Kier molecular flexibility index (Phi) is 7.69. The first-order chi connectivity index (χ1) is 14.9. The van der Waals surface area contributed by atoms with Gasteiger partial charge in [0, 0.05) is 24.2 Å². The summed E-state index contributed by atoms with van der Waals surface area (Å²) in [5.41, 5.74) is 0.732. The minimum Gasteiger partial charge on any atom is -0.454 e. The molecule has 11 heteroatoms. The van der Waals surface area contributed by atoms with Crippen LogP contribution < -0.4 is 20.1 Å². The lowest BCUT2D eigenvalue weighted by atomic mass is 10.1. The lowest BCUT2D eigenvalue weighted by Gasteiger charge is -2.13. The smallest absolute Gasteiger partial charge is 0.274 e. The van der Waals surface area contributed by atoms with E-state index in [0.29, 0.717) is 46.3 Å². The number of carbonyl (C=O) groups is 2. The molecule has 0 spiro atoms. The number of benzene rings is 1. The fraction of sp³-hybridized carbons (Fsp3) is 0.300. The number of halogens is 2. The van der Waals surface area contributed by atoms with Crippen LogP contribution in [-0.4, -0.2) is 47.8 Å². The fourth-order valence-corrected chi connectivity index (χ4v) is 3.33. The van der Waals surface area contributed by atoms with Crippen LogP contribution >= 0.6 is 27.5 Å². The van der Waals surface area contributed by atoms with Gasteiger partial charge in [-0.25, -0.2) is 4.68 Å². The van der Waals surface area contributed by atoms with Crippen molar-refractivity contribution in [2.75, 3.05) is 25.2 Å². The number of anilines is 1. The van der Waals surface area contributed by atoms with Gasteiger partial charge < -0.3 is 20.1 Å². The zero-order chi connectivity index (χ0) is 22.4. The summed E-state index contributed by atoms with van der Waals surface area (Å²) in [7, 11) is 0. The van der Waals surface area contributed by atoms with Crippen LogP contribution in [0.5, 0.6) is 11.5 Å². The van der Waals surface area contributed by atoms with Gasteiger partial charge in [-0.3, -0.25) is 14.6 Å². The number of amides is 2. The van der Waals surface area contributed by atoms with Crippen LogP contribution in [0.2, 0.25) is 0 Å². The van der Waals surface area contributed by atoms with Crippen molar-refractivity contribution in [1.29, 1.82) is 0 Å². The summed E-state index contributed by atoms with van der Waals surface area (Å²) in [6, 6.07) is 4.80. The first-order valence-electron chi connectivity index (χ1n) is 9.50. The van der Waals surface area contributed by atoms with Crippen LogP contribution in [0.1, 0.15) is 41.1 Å². The monoisotopic (exact) mass is 509 g/mol. The highest BCUT2D eigenvalue weighted by atomic mass is 79.9. The van der Waals surface area contributed by atoms with E-state index >= 15 is 0 Å². The molecule has 3 rings (SSSR count). The van der Waals surface area contributed by atoms with E-state index in [0.717, 1.165) is 0 Å². The van der Waals surface area contributed by atoms with Gasteiger partial charge in [0.1, 0.15) is 22.2 Å². The molecular formula is C20H21BrClN5O4. The number of carbonyl (C=O) groups excluding carboxylic acids is 2. The number of aliphatic imine (C=N–C) groups is 1. The molecule has 1 aromatic heterocycles. The zero-order valence-electron chi connectivity index (χ0n) is 16.9. The number of allylic oxidation sites excluding steroid dienone is 1. The molecule has 31 heavy (non-hydrogen) atoms. The van der Waals surface area contributed by atoms with Gasteiger partial charge >= 0.3 is 0 Å². The van der Waals surface area contributed by atoms with Crippen LogP contribution in [0.15, 0.2) is 38.9 Å². The third kappa shape index (κ3) is 5.65. The molecule has 2 N–H and O–H groups in total. The first kappa shape index (κ1) is 22.8. The fourth-order valence-electron chi connectivity index (χ4n) is 2.83. The quantitative estimate of drug-likeness (QED) is 0.319. The van der Waals surface area contributed by atoms with E-state index < -0.39 is 5.91 Å². The predicted octanol–water partition coefficient (Wildman–Crippen LogP) is 3.79. The molecule has 1 aliphatic rings. The molecule has 1 aromatic carbocycles. The van der Waals surface area contributed by atoms with Gasteiger partial charge in [-0.2, -0.15) is 5.10 Å². The number of ether oxygens (including phenoxy) is 2. The van der Waals surface area contributed by atoms with Gasteiger partial charge in [-0.15, -0.1) is 0 Å². The van der Waals surface area contributed by atoms with Crippen LogP contribution in [0, 0.1) is 0 Å². The Morgan fingerprint density at radius 1 is 1.35 bits per heavy atom. The molecule has 0 unspecified atom stereocenters. The normalized spacial score (nSPS) is 13.0. The van der Waals surface area contributed by atoms with Crippen LogP contribution in [0.3, 0.4) is 0 Å². The summed E-state index contributed by atoms with van der Waals surface area (Å²) in [6.45, 7) is 4.52. The minimum absolute atomic E-state index is 0.00769. The Morgan fingerprint density at radius 2 is 2.16 bits per heavy atom. The summed E-state index contributed by atoms with van der Waals surface area (Å²) in [5.74, 6) is -0.104. The van der Waals surface area contributed by atoms with Gasteiger partial charge in [-0.05, 0) is 48.3 Å². The van der Waals surface area contributed by atoms with Crippen LogP contribution in [0.4, 0.5) is 5.69 Å². The lowest BCUT2D eigenvalue weighted by molar-refractivity contribution is 0.0952. The van der Waals surface area contributed by atoms with Crippen molar-refractivity contribution in [3.63, 3.8) is 0 Å². The van der Waals surface area contributed by atoms with Gasteiger partial charge in [0.25, 0.3) is 11.8 Å². The molecule has 9 nitrogen and oxygen atoms in total. The third-order valence-corrected chi connectivity index (χ3v) is 4.71. The Labute approximate surface area is 192 Å². The van der Waals surface area contributed by atoms with Crippen molar-refractivity contribution in [3.8, 4) is 11.5 Å². The van der Waals surface area contributed by atoms with E-state index in [9.17, 15) is 9.59 Å². The van der Waals surface area contributed by atoms with E-state index in [-0.39, 0.29) is 24.0 Å². The van der Waals surface area contributed by atoms with Crippen molar-refractivity contribution in [2.24, 2.45) is 4.99 Å². The Bertz CT molecular complexity index is 1050. The Hall–Kier alpha value is -2.85. The molecule has 1 aliphatic heterocycles. The zero-order valence-corrected chi connectivity index (χ0v) is 19.3. The summed E-state index contributed by atoms with van der Waals surface area (Å²) in [4.78, 5) is 29.8. The Balaban J connectivity index is 1.83. The molecule has 0 saturated carbocycles. The predicted molar refractivity (Wildman–Crippen MR) is 121 cm³/mol. The average Bonchev–Trinajstić information content (AvgIpc) is 3.33. The molecule has 164 valence electrons.